The lowest BCUT2D eigenvalue weighted by Crippen LogP contribution is -2.15. The number of benzene rings is 4. The summed E-state index contributed by atoms with van der Waals surface area (Å²) in [6, 6.07) is 44.0. The topological polar surface area (TPSA) is 0 Å². The Bertz CT molecular complexity index is 1300. The number of hydrogen-bond acceptors (Lipinski definition) is 0. The maximum atomic E-state index is 2.34. The Kier molecular flexibility index (Phi) is 6.73. The summed E-state index contributed by atoms with van der Waals surface area (Å²) in [6.45, 7) is 0. The molecular formula is C34H26P2. The van der Waals surface area contributed by atoms with Crippen LogP contribution in [-0.2, 0) is 0 Å². The van der Waals surface area contributed by atoms with Crippen LogP contribution < -0.4 is 21.2 Å². The molecule has 0 atom stereocenters. The molecule has 6 rings (SSSR count). The molecule has 0 radical (unpaired) electrons. The summed E-state index contributed by atoms with van der Waals surface area (Å²) in [5.41, 5.74) is 2.71. The van der Waals surface area contributed by atoms with E-state index in [1.54, 1.807) is 0 Å². The number of hydrogen-bond donors (Lipinski definition) is 0. The van der Waals surface area contributed by atoms with E-state index in [4.69, 9.17) is 0 Å². The maximum absolute atomic E-state index is 2.34. The van der Waals surface area contributed by atoms with E-state index in [-0.39, 0.29) is 0 Å². The highest BCUT2D eigenvalue weighted by molar-refractivity contribution is 7.77. The molecule has 0 saturated carbocycles. The van der Waals surface area contributed by atoms with Gasteiger partial charge < -0.3 is 0 Å². The number of rotatable bonds is 6. The van der Waals surface area contributed by atoms with E-state index in [1.165, 1.54) is 43.0 Å². The fraction of sp³-hybridized carbons (Fsp3) is 0. The first kappa shape index (κ1) is 22.9. The molecule has 0 unspecified atom stereocenters. The van der Waals surface area contributed by atoms with Gasteiger partial charge in [-0.15, -0.1) is 0 Å². The zero-order chi connectivity index (χ0) is 24.2. The molecule has 0 saturated heterocycles. The van der Waals surface area contributed by atoms with Gasteiger partial charge in [0.1, 0.15) is 0 Å². The molecule has 0 heterocycles. The van der Waals surface area contributed by atoms with Crippen molar-refractivity contribution < 1.29 is 0 Å². The van der Waals surface area contributed by atoms with E-state index in [0.717, 1.165) is 0 Å². The Morgan fingerprint density at radius 2 is 0.611 bits per heavy atom. The van der Waals surface area contributed by atoms with Crippen LogP contribution in [0.4, 0.5) is 0 Å². The summed E-state index contributed by atoms with van der Waals surface area (Å²) in [5, 5.41) is 8.37. The lowest BCUT2D eigenvalue weighted by Gasteiger charge is -2.26. The van der Waals surface area contributed by atoms with Crippen molar-refractivity contribution in [3.05, 3.63) is 180 Å². The second-order valence-electron chi connectivity index (χ2n) is 8.66. The lowest BCUT2D eigenvalue weighted by molar-refractivity contribution is 1.58. The van der Waals surface area contributed by atoms with Crippen molar-refractivity contribution >= 4 is 37.1 Å². The van der Waals surface area contributed by atoms with Crippen LogP contribution in [-0.4, -0.2) is 0 Å². The molecule has 0 spiro atoms. The average Bonchev–Trinajstić information content (AvgIpc) is 3.62. The second kappa shape index (κ2) is 10.6. The van der Waals surface area contributed by atoms with Crippen LogP contribution >= 0.6 is 15.8 Å². The Labute approximate surface area is 216 Å². The van der Waals surface area contributed by atoms with Crippen molar-refractivity contribution in [2.24, 2.45) is 0 Å². The van der Waals surface area contributed by atoms with Crippen LogP contribution in [0.15, 0.2) is 180 Å². The van der Waals surface area contributed by atoms with E-state index in [0.29, 0.717) is 0 Å². The van der Waals surface area contributed by atoms with Crippen molar-refractivity contribution in [3.8, 4) is 0 Å². The molecule has 2 heteroatoms. The van der Waals surface area contributed by atoms with E-state index < -0.39 is 15.8 Å². The molecule has 0 bridgehead atoms. The first-order valence-electron chi connectivity index (χ1n) is 12.2. The predicted molar refractivity (Wildman–Crippen MR) is 160 cm³/mol. The fourth-order valence-electron chi connectivity index (χ4n) is 4.83. The molecule has 0 amide bonds. The molecular weight excluding hydrogens is 470 g/mol. The van der Waals surface area contributed by atoms with Gasteiger partial charge >= 0.3 is 0 Å². The van der Waals surface area contributed by atoms with Crippen molar-refractivity contribution in [1.82, 2.24) is 0 Å². The van der Waals surface area contributed by atoms with Crippen LogP contribution in [0.3, 0.4) is 0 Å². The maximum Gasteiger partial charge on any atom is -0.00724 e. The van der Waals surface area contributed by atoms with Crippen LogP contribution in [0.2, 0.25) is 0 Å². The van der Waals surface area contributed by atoms with Crippen LogP contribution in [0.25, 0.3) is 0 Å². The molecule has 4 aromatic rings. The summed E-state index contributed by atoms with van der Waals surface area (Å²) >= 11 is 0. The normalized spacial score (nSPS) is 16.6. The SMILES string of the molecule is C1=C/C(=C2\C=CC=C2P(c2ccccc2)c2ccccc2)C(P(c2ccccc2)c2ccccc2)=C1. The predicted octanol–water partition coefficient (Wildman–Crippen LogP) is 7.46. The first-order valence-corrected chi connectivity index (χ1v) is 14.9. The minimum absolute atomic E-state index is 0.667. The van der Waals surface area contributed by atoms with Crippen LogP contribution in [0.1, 0.15) is 0 Å². The van der Waals surface area contributed by atoms with Gasteiger partial charge in [-0.1, -0.05) is 158 Å². The molecule has 2 aliphatic carbocycles. The molecule has 2 aliphatic rings. The van der Waals surface area contributed by atoms with Crippen molar-refractivity contribution in [2.45, 2.75) is 0 Å². The number of allylic oxidation sites excluding steroid dienone is 10. The Balaban J connectivity index is 1.49. The van der Waals surface area contributed by atoms with Crippen LogP contribution in [0, 0.1) is 0 Å². The van der Waals surface area contributed by atoms with E-state index in [2.05, 4.69) is 158 Å². The van der Waals surface area contributed by atoms with E-state index in [1.807, 2.05) is 0 Å². The van der Waals surface area contributed by atoms with Gasteiger partial charge in [-0.05, 0) is 58.8 Å². The largest absolute Gasteiger partial charge is 0.0622 e. The highest BCUT2D eigenvalue weighted by Gasteiger charge is 2.29. The summed E-state index contributed by atoms with van der Waals surface area (Å²) in [7, 11) is -1.33. The van der Waals surface area contributed by atoms with Crippen molar-refractivity contribution in [3.63, 3.8) is 0 Å². The van der Waals surface area contributed by atoms with Gasteiger partial charge in [0.05, 0.1) is 0 Å². The highest BCUT2D eigenvalue weighted by atomic mass is 31.1. The molecule has 0 fully saturated rings. The minimum Gasteiger partial charge on any atom is -0.0622 e. The molecule has 172 valence electrons. The van der Waals surface area contributed by atoms with Gasteiger partial charge in [0.25, 0.3) is 0 Å². The van der Waals surface area contributed by atoms with E-state index >= 15 is 0 Å². The van der Waals surface area contributed by atoms with Gasteiger partial charge in [0, 0.05) is 0 Å². The van der Waals surface area contributed by atoms with Gasteiger partial charge in [-0.25, -0.2) is 0 Å². The third-order valence-corrected chi connectivity index (χ3v) is 11.4. The molecule has 36 heavy (non-hydrogen) atoms. The van der Waals surface area contributed by atoms with Gasteiger partial charge in [0.15, 0.2) is 0 Å². The Morgan fingerprint density at radius 3 is 0.889 bits per heavy atom. The fourth-order valence-corrected chi connectivity index (χ4v) is 9.76. The van der Waals surface area contributed by atoms with E-state index in [9.17, 15) is 0 Å². The summed E-state index contributed by atoms with van der Waals surface area (Å²) in [5.74, 6) is 0. The van der Waals surface area contributed by atoms with Crippen LogP contribution in [0.5, 0.6) is 0 Å². The van der Waals surface area contributed by atoms with Gasteiger partial charge in [-0.3, -0.25) is 0 Å². The van der Waals surface area contributed by atoms with Gasteiger partial charge in [-0.2, -0.15) is 0 Å². The highest BCUT2D eigenvalue weighted by Crippen LogP contribution is 2.55. The molecule has 0 aliphatic heterocycles. The molecule has 0 nitrogen and oxygen atoms in total. The van der Waals surface area contributed by atoms with Crippen molar-refractivity contribution in [1.29, 1.82) is 0 Å². The zero-order valence-electron chi connectivity index (χ0n) is 19.9. The summed E-state index contributed by atoms with van der Waals surface area (Å²) in [6.07, 6.45) is 13.8. The van der Waals surface area contributed by atoms with Crippen molar-refractivity contribution in [2.75, 3.05) is 0 Å². The quantitative estimate of drug-likeness (QED) is 0.243. The standard InChI is InChI=1S/C34H26P2/c1-5-15-27(16-6-1)35(28-17-7-2-8-18-28)33-25-13-23-31(33)32-24-14-26-34(32)36(29-19-9-3-10-20-29)30-21-11-4-12-22-30/h1-26H/b32-31-. The lowest BCUT2D eigenvalue weighted by atomic mass is 10.1. The first-order chi connectivity index (χ1) is 17.9. The monoisotopic (exact) mass is 496 g/mol. The third-order valence-electron chi connectivity index (χ3n) is 6.42. The summed E-state index contributed by atoms with van der Waals surface area (Å²) in [4.78, 5) is 0. The molecule has 0 N–H and O–H groups in total. The smallest absolute Gasteiger partial charge is 0.00724 e. The Morgan fingerprint density at radius 1 is 0.333 bits per heavy atom. The third kappa shape index (κ3) is 4.52. The summed E-state index contributed by atoms with van der Waals surface area (Å²) < 4.78 is 0. The molecule has 4 aromatic carbocycles. The minimum atomic E-state index is -0.667. The molecule has 0 aromatic heterocycles. The second-order valence-corrected chi connectivity index (χ2v) is 13.0. The Hall–Kier alpha value is -3.56. The average molecular weight is 497 g/mol. The zero-order valence-corrected chi connectivity index (χ0v) is 21.7. The van der Waals surface area contributed by atoms with Gasteiger partial charge in [0.2, 0.25) is 0 Å².